The Balaban J connectivity index is -0.000000105. The predicted molar refractivity (Wildman–Crippen MR) is 52.4 cm³/mol. The van der Waals surface area contributed by atoms with Crippen LogP contribution in [0.4, 0.5) is 0 Å². The molecule has 0 spiro atoms. The zero-order valence-electron chi connectivity index (χ0n) is 8.99. The first-order chi connectivity index (χ1) is 4.77. The van der Waals surface area contributed by atoms with Crippen LogP contribution in [0.25, 0.3) is 0 Å². The van der Waals surface area contributed by atoms with Gasteiger partial charge in [0.05, 0.1) is 0 Å². The molecule has 0 radical (unpaired) electrons. The summed E-state index contributed by atoms with van der Waals surface area (Å²) in [7, 11) is 0. The van der Waals surface area contributed by atoms with Gasteiger partial charge in [0.1, 0.15) is 0 Å². The van der Waals surface area contributed by atoms with Crippen molar-refractivity contribution in [3.8, 4) is 0 Å². The van der Waals surface area contributed by atoms with E-state index in [2.05, 4.69) is 20.8 Å². The molecule has 0 saturated heterocycles. The van der Waals surface area contributed by atoms with E-state index in [-0.39, 0.29) is 0 Å². The minimum atomic E-state index is 0.898. The summed E-state index contributed by atoms with van der Waals surface area (Å²) in [5, 5.41) is 0. The lowest BCUT2D eigenvalue weighted by atomic mass is 10.1. The monoisotopic (exact) mass is 146 g/mol. The maximum Gasteiger partial charge on any atom is -0.0471 e. The molecule has 0 amide bonds. The highest BCUT2D eigenvalue weighted by Crippen LogP contribution is 2.00. The molecule has 0 rings (SSSR count). The van der Waals surface area contributed by atoms with Crippen LogP contribution in [-0.2, 0) is 0 Å². The fraction of sp³-hybridized carbons (Fsp3) is 1.00. The van der Waals surface area contributed by atoms with Crippen LogP contribution in [0.5, 0.6) is 0 Å². The smallest absolute Gasteiger partial charge is 0.0471 e. The van der Waals surface area contributed by atoms with E-state index in [9.17, 15) is 0 Å². The third kappa shape index (κ3) is 43.6. The van der Waals surface area contributed by atoms with E-state index in [0.717, 1.165) is 5.92 Å². The second-order valence-corrected chi connectivity index (χ2v) is 2.18. The predicted octanol–water partition coefficient (Wildman–Crippen LogP) is 4.49. The number of rotatable bonds is 2. The van der Waals surface area contributed by atoms with E-state index in [0.29, 0.717) is 0 Å². The van der Waals surface area contributed by atoms with Crippen molar-refractivity contribution < 1.29 is 0 Å². The summed E-state index contributed by atoms with van der Waals surface area (Å²) in [6.07, 6.45) is 2.71. The van der Waals surface area contributed by atoms with Crippen LogP contribution >= 0.6 is 0 Å². The fourth-order valence-corrected chi connectivity index (χ4v) is 0.577. The zero-order chi connectivity index (χ0) is 8.99. The molecule has 0 heteroatoms. The standard InChI is InChI=1S/C6H14.2C2H6/c1-4-5-6(2)3;2*1-2/h6H,4-5H2,1-3H3;2*1-2H3. The third-order valence-electron chi connectivity index (χ3n) is 0.866. The Bertz CT molecular complexity index is 21.2. The van der Waals surface area contributed by atoms with E-state index < -0.39 is 0 Å². The van der Waals surface area contributed by atoms with Crippen LogP contribution in [0.3, 0.4) is 0 Å². The largest absolute Gasteiger partial charge is 0.0683 e. The van der Waals surface area contributed by atoms with E-state index in [4.69, 9.17) is 0 Å². The lowest BCUT2D eigenvalue weighted by Gasteiger charge is -1.95. The van der Waals surface area contributed by atoms with E-state index in [1.807, 2.05) is 27.7 Å². The zero-order valence-corrected chi connectivity index (χ0v) is 8.99. The van der Waals surface area contributed by atoms with Crippen molar-refractivity contribution in [1.82, 2.24) is 0 Å². The molecule has 0 aliphatic rings. The van der Waals surface area contributed by atoms with Crippen LogP contribution in [0.1, 0.15) is 61.3 Å². The van der Waals surface area contributed by atoms with Crippen molar-refractivity contribution in [3.63, 3.8) is 0 Å². The quantitative estimate of drug-likeness (QED) is 0.538. The van der Waals surface area contributed by atoms with Crippen LogP contribution in [-0.4, -0.2) is 0 Å². The Hall–Kier alpha value is 0. The number of hydrogen-bond acceptors (Lipinski definition) is 0. The molecule has 0 heterocycles. The molecule has 0 aromatic rings. The Morgan fingerprint density at radius 1 is 0.900 bits per heavy atom. The molecule has 0 nitrogen and oxygen atoms in total. The molecule has 0 bridgehead atoms. The van der Waals surface area contributed by atoms with Crippen LogP contribution in [0.15, 0.2) is 0 Å². The summed E-state index contributed by atoms with van der Waals surface area (Å²) in [5.74, 6) is 0.898. The minimum Gasteiger partial charge on any atom is -0.0683 e. The van der Waals surface area contributed by atoms with Gasteiger partial charge in [0, 0.05) is 0 Å². The highest BCUT2D eigenvalue weighted by molar-refractivity contribution is 4.38. The topological polar surface area (TPSA) is 0 Å². The van der Waals surface area contributed by atoms with E-state index >= 15 is 0 Å². The Kier molecular flexibility index (Phi) is 38.1. The third-order valence-corrected chi connectivity index (χ3v) is 0.866. The van der Waals surface area contributed by atoms with Crippen LogP contribution in [0.2, 0.25) is 0 Å². The Labute approximate surface area is 68.0 Å². The SMILES string of the molecule is CC.CC.CCCC(C)C. The molecule has 0 atom stereocenters. The average molecular weight is 146 g/mol. The van der Waals surface area contributed by atoms with Gasteiger partial charge in [0.15, 0.2) is 0 Å². The first kappa shape index (κ1) is 16.5. The molecule has 0 N–H and O–H groups in total. The van der Waals surface area contributed by atoms with Gasteiger partial charge in [-0.25, -0.2) is 0 Å². The molecule has 0 aromatic heterocycles. The Morgan fingerprint density at radius 2 is 1.20 bits per heavy atom. The number of hydrogen-bond donors (Lipinski definition) is 0. The highest BCUT2D eigenvalue weighted by atomic mass is 13.9. The summed E-state index contributed by atoms with van der Waals surface area (Å²) in [6, 6.07) is 0. The lowest BCUT2D eigenvalue weighted by molar-refractivity contribution is 0.576. The minimum absolute atomic E-state index is 0.898. The van der Waals surface area contributed by atoms with Crippen molar-refractivity contribution in [3.05, 3.63) is 0 Å². The molecular formula is C10H26. The molecule has 10 heavy (non-hydrogen) atoms. The normalized spacial score (nSPS) is 7.20. The van der Waals surface area contributed by atoms with Gasteiger partial charge in [-0.15, -0.1) is 0 Å². The summed E-state index contributed by atoms with van der Waals surface area (Å²) in [5.41, 5.74) is 0. The van der Waals surface area contributed by atoms with Gasteiger partial charge in [-0.1, -0.05) is 61.3 Å². The molecule has 66 valence electrons. The van der Waals surface area contributed by atoms with Crippen molar-refractivity contribution in [2.45, 2.75) is 61.3 Å². The van der Waals surface area contributed by atoms with Crippen molar-refractivity contribution in [1.29, 1.82) is 0 Å². The molecule has 0 saturated carbocycles. The van der Waals surface area contributed by atoms with Gasteiger partial charge in [0.25, 0.3) is 0 Å². The molecule has 0 aromatic carbocycles. The molecular weight excluding hydrogens is 120 g/mol. The van der Waals surface area contributed by atoms with Gasteiger partial charge in [-0.05, 0) is 5.92 Å². The first-order valence-corrected chi connectivity index (χ1v) is 4.77. The Morgan fingerprint density at radius 3 is 1.20 bits per heavy atom. The molecule has 0 aliphatic heterocycles. The molecule has 0 fully saturated rings. The lowest BCUT2D eigenvalue weighted by Crippen LogP contribution is -1.81. The fourth-order valence-electron chi connectivity index (χ4n) is 0.577. The summed E-state index contributed by atoms with van der Waals surface area (Å²) >= 11 is 0. The second-order valence-electron chi connectivity index (χ2n) is 2.18. The van der Waals surface area contributed by atoms with E-state index in [1.54, 1.807) is 0 Å². The maximum atomic E-state index is 2.25. The van der Waals surface area contributed by atoms with Gasteiger partial charge in [-0.2, -0.15) is 0 Å². The van der Waals surface area contributed by atoms with Gasteiger partial charge in [0.2, 0.25) is 0 Å². The summed E-state index contributed by atoms with van der Waals surface area (Å²) in [6.45, 7) is 14.7. The van der Waals surface area contributed by atoms with Crippen LogP contribution < -0.4 is 0 Å². The average Bonchev–Trinajstić information content (AvgIpc) is 1.96. The second kappa shape index (κ2) is 23.0. The van der Waals surface area contributed by atoms with E-state index in [1.165, 1.54) is 12.8 Å². The molecule has 0 unspecified atom stereocenters. The van der Waals surface area contributed by atoms with Crippen molar-refractivity contribution in [2.24, 2.45) is 5.92 Å². The first-order valence-electron chi connectivity index (χ1n) is 4.77. The van der Waals surface area contributed by atoms with Crippen molar-refractivity contribution >= 4 is 0 Å². The summed E-state index contributed by atoms with van der Waals surface area (Å²) in [4.78, 5) is 0. The van der Waals surface area contributed by atoms with Gasteiger partial charge >= 0.3 is 0 Å². The highest BCUT2D eigenvalue weighted by Gasteiger charge is 1.85. The van der Waals surface area contributed by atoms with Gasteiger partial charge in [-0.3, -0.25) is 0 Å². The van der Waals surface area contributed by atoms with Crippen LogP contribution in [0, 0.1) is 5.92 Å². The summed E-state index contributed by atoms with van der Waals surface area (Å²) < 4.78 is 0. The maximum absolute atomic E-state index is 2.25. The molecule has 0 aliphatic carbocycles. The van der Waals surface area contributed by atoms with Crippen molar-refractivity contribution in [2.75, 3.05) is 0 Å². The van der Waals surface area contributed by atoms with Gasteiger partial charge < -0.3 is 0 Å².